The maximum Gasteiger partial charge on any atom is 0.242 e. The molecule has 2 aromatic heterocycles. The van der Waals surface area contributed by atoms with Crippen molar-refractivity contribution in [1.82, 2.24) is 14.5 Å². The number of ether oxygens (including phenoxy) is 1. The van der Waals surface area contributed by atoms with Crippen LogP contribution in [0.15, 0.2) is 24.7 Å². The van der Waals surface area contributed by atoms with Crippen LogP contribution in [-0.4, -0.2) is 46.7 Å². The molecule has 0 aromatic carbocycles. The molecule has 24 heavy (non-hydrogen) atoms. The predicted octanol–water partition coefficient (Wildman–Crippen LogP) is 2.76. The predicted molar refractivity (Wildman–Crippen MR) is 92.7 cm³/mol. The molecule has 0 radical (unpaired) electrons. The van der Waals surface area contributed by atoms with E-state index >= 15 is 0 Å². The summed E-state index contributed by atoms with van der Waals surface area (Å²) in [7, 11) is 1.80. The van der Waals surface area contributed by atoms with E-state index in [1.165, 1.54) is 18.4 Å². The van der Waals surface area contributed by atoms with Gasteiger partial charge in [0, 0.05) is 44.2 Å². The third-order valence-corrected chi connectivity index (χ3v) is 6.02. The number of aryl methyl sites for hydroxylation is 1. The molecule has 0 bridgehead atoms. The van der Waals surface area contributed by atoms with Crippen LogP contribution in [0.3, 0.4) is 0 Å². The van der Waals surface area contributed by atoms with Crippen molar-refractivity contribution in [3.05, 3.63) is 30.2 Å². The van der Waals surface area contributed by atoms with Gasteiger partial charge in [-0.05, 0) is 49.7 Å². The first-order valence-electron chi connectivity index (χ1n) is 8.80. The molecule has 5 nitrogen and oxygen atoms in total. The summed E-state index contributed by atoms with van der Waals surface area (Å²) in [5, 5.41) is 1.13. The van der Waals surface area contributed by atoms with Gasteiger partial charge in [-0.15, -0.1) is 0 Å². The second-order valence-corrected chi connectivity index (χ2v) is 7.48. The summed E-state index contributed by atoms with van der Waals surface area (Å²) < 4.78 is 7.48. The topological polar surface area (TPSA) is 47.4 Å². The molecule has 1 aliphatic heterocycles. The minimum atomic E-state index is 0.223. The molecule has 1 spiro atoms. The van der Waals surface area contributed by atoms with Gasteiger partial charge in [0.05, 0.1) is 11.6 Å². The van der Waals surface area contributed by atoms with Gasteiger partial charge in [-0.25, -0.2) is 0 Å². The van der Waals surface area contributed by atoms with Gasteiger partial charge in [0.2, 0.25) is 5.91 Å². The number of amides is 1. The highest BCUT2D eigenvalue weighted by molar-refractivity contribution is 5.85. The van der Waals surface area contributed by atoms with Crippen molar-refractivity contribution in [3.8, 4) is 0 Å². The van der Waals surface area contributed by atoms with Crippen LogP contribution in [0, 0.1) is 12.3 Å². The molecular formula is C19H25N3O2. The summed E-state index contributed by atoms with van der Waals surface area (Å²) in [6.45, 7) is 4.25. The molecule has 0 atom stereocenters. The van der Waals surface area contributed by atoms with Crippen LogP contribution >= 0.6 is 0 Å². The fraction of sp³-hybridized carbons (Fsp3) is 0.579. The van der Waals surface area contributed by atoms with Crippen LogP contribution in [-0.2, 0) is 16.1 Å². The van der Waals surface area contributed by atoms with Crippen molar-refractivity contribution in [2.75, 3.05) is 20.2 Å². The van der Waals surface area contributed by atoms with E-state index in [0.29, 0.717) is 18.1 Å². The summed E-state index contributed by atoms with van der Waals surface area (Å²) in [5.74, 6) is 0.223. The lowest BCUT2D eigenvalue weighted by Crippen LogP contribution is -2.51. The van der Waals surface area contributed by atoms with E-state index in [4.69, 9.17) is 4.74 Å². The molecular weight excluding hydrogens is 302 g/mol. The third kappa shape index (κ3) is 2.61. The van der Waals surface area contributed by atoms with Gasteiger partial charge in [0.25, 0.3) is 0 Å². The van der Waals surface area contributed by atoms with Crippen molar-refractivity contribution >= 4 is 16.8 Å². The molecule has 4 rings (SSSR count). The molecule has 3 heterocycles. The SMILES string of the molecule is COC1CC2(CCN(C(=O)Cn3cc(C)c4cnccc43)CC2)C1. The van der Waals surface area contributed by atoms with Gasteiger partial charge in [-0.2, -0.15) is 0 Å². The van der Waals surface area contributed by atoms with Gasteiger partial charge >= 0.3 is 0 Å². The lowest BCUT2D eigenvalue weighted by Gasteiger charge is -2.51. The number of hydrogen-bond donors (Lipinski definition) is 0. The second-order valence-electron chi connectivity index (χ2n) is 7.48. The first kappa shape index (κ1) is 15.6. The summed E-state index contributed by atoms with van der Waals surface area (Å²) in [4.78, 5) is 18.9. The lowest BCUT2D eigenvalue weighted by molar-refractivity contribution is -0.138. The molecule has 5 heteroatoms. The van der Waals surface area contributed by atoms with Crippen LogP contribution in [0.1, 0.15) is 31.2 Å². The van der Waals surface area contributed by atoms with Crippen LogP contribution in [0.25, 0.3) is 10.9 Å². The summed E-state index contributed by atoms with van der Waals surface area (Å²) in [5.41, 5.74) is 2.70. The Labute approximate surface area is 142 Å². The highest BCUT2D eigenvalue weighted by atomic mass is 16.5. The molecule has 1 saturated heterocycles. The van der Waals surface area contributed by atoms with E-state index in [1.807, 2.05) is 17.2 Å². The first-order chi connectivity index (χ1) is 11.6. The largest absolute Gasteiger partial charge is 0.381 e. The van der Waals surface area contributed by atoms with Crippen molar-refractivity contribution in [2.24, 2.45) is 5.41 Å². The Kier molecular flexibility index (Phi) is 3.83. The summed E-state index contributed by atoms with van der Waals surface area (Å²) in [6.07, 6.45) is 10.7. The molecule has 2 aliphatic rings. The van der Waals surface area contributed by atoms with E-state index in [-0.39, 0.29) is 5.91 Å². The van der Waals surface area contributed by atoms with Crippen molar-refractivity contribution in [3.63, 3.8) is 0 Å². The Hall–Kier alpha value is -1.88. The zero-order valence-electron chi connectivity index (χ0n) is 14.5. The number of likely N-dealkylation sites (tertiary alicyclic amines) is 1. The van der Waals surface area contributed by atoms with Crippen LogP contribution in [0.5, 0.6) is 0 Å². The van der Waals surface area contributed by atoms with E-state index < -0.39 is 0 Å². The highest BCUT2D eigenvalue weighted by Crippen LogP contribution is 2.50. The third-order valence-electron chi connectivity index (χ3n) is 6.02. The average Bonchev–Trinajstić information content (AvgIpc) is 2.89. The number of nitrogens with zero attached hydrogens (tertiary/aromatic N) is 3. The van der Waals surface area contributed by atoms with Crippen molar-refractivity contribution in [2.45, 2.75) is 45.3 Å². The van der Waals surface area contributed by atoms with Gasteiger partial charge < -0.3 is 14.2 Å². The normalized spacial score (nSPS) is 20.5. The molecule has 0 unspecified atom stereocenters. The molecule has 128 valence electrons. The van der Waals surface area contributed by atoms with E-state index in [9.17, 15) is 4.79 Å². The van der Waals surface area contributed by atoms with E-state index in [0.717, 1.165) is 36.8 Å². The minimum Gasteiger partial charge on any atom is -0.381 e. The lowest BCUT2D eigenvalue weighted by atomic mass is 9.61. The second kappa shape index (κ2) is 5.88. The molecule has 0 N–H and O–H groups in total. The van der Waals surface area contributed by atoms with Gasteiger partial charge in [0.15, 0.2) is 0 Å². The maximum absolute atomic E-state index is 12.7. The Balaban J connectivity index is 1.40. The van der Waals surface area contributed by atoms with Gasteiger partial charge in [-0.3, -0.25) is 9.78 Å². The molecule has 2 fully saturated rings. The van der Waals surface area contributed by atoms with Gasteiger partial charge in [0.1, 0.15) is 6.54 Å². The van der Waals surface area contributed by atoms with Gasteiger partial charge in [-0.1, -0.05) is 0 Å². The summed E-state index contributed by atoms with van der Waals surface area (Å²) >= 11 is 0. The minimum absolute atomic E-state index is 0.223. The maximum atomic E-state index is 12.7. The Morgan fingerprint density at radius 1 is 1.38 bits per heavy atom. The number of methoxy groups -OCH3 is 1. The highest BCUT2D eigenvalue weighted by Gasteiger charge is 2.46. The fourth-order valence-electron chi connectivity index (χ4n) is 4.40. The number of carbonyl (C=O) groups excluding carboxylic acids is 1. The van der Waals surface area contributed by atoms with Crippen molar-refractivity contribution < 1.29 is 9.53 Å². The number of pyridine rings is 1. The smallest absolute Gasteiger partial charge is 0.242 e. The van der Waals surface area contributed by atoms with Crippen LogP contribution in [0.2, 0.25) is 0 Å². The molecule has 2 aromatic rings. The number of hydrogen-bond acceptors (Lipinski definition) is 3. The number of piperidine rings is 1. The first-order valence-corrected chi connectivity index (χ1v) is 8.80. The zero-order valence-corrected chi connectivity index (χ0v) is 14.5. The number of fused-ring (bicyclic) bond motifs is 1. The monoisotopic (exact) mass is 327 g/mol. The molecule has 1 saturated carbocycles. The molecule has 1 amide bonds. The van der Waals surface area contributed by atoms with E-state index in [2.05, 4.69) is 22.7 Å². The van der Waals surface area contributed by atoms with Crippen LogP contribution < -0.4 is 0 Å². The standard InChI is InChI=1S/C19H25N3O2/c1-14-12-22(17-3-6-20-11-16(14)17)13-18(23)21-7-4-19(5-8-21)9-15(10-19)24-2/h3,6,11-12,15H,4-5,7-10,13H2,1-2H3. The summed E-state index contributed by atoms with van der Waals surface area (Å²) in [6, 6.07) is 1.99. The zero-order chi connectivity index (χ0) is 16.7. The van der Waals surface area contributed by atoms with E-state index in [1.54, 1.807) is 13.3 Å². The fourth-order valence-corrected chi connectivity index (χ4v) is 4.40. The Morgan fingerprint density at radius 3 is 2.83 bits per heavy atom. The van der Waals surface area contributed by atoms with Crippen LogP contribution in [0.4, 0.5) is 0 Å². The number of carbonyl (C=O) groups is 1. The Morgan fingerprint density at radius 2 is 2.12 bits per heavy atom. The quantitative estimate of drug-likeness (QED) is 0.871. The Bertz CT molecular complexity index is 751. The molecule has 1 aliphatic carbocycles. The number of rotatable bonds is 3. The number of aromatic nitrogens is 2. The average molecular weight is 327 g/mol. The van der Waals surface area contributed by atoms with Crippen molar-refractivity contribution in [1.29, 1.82) is 0 Å².